The van der Waals surface area contributed by atoms with E-state index < -0.39 is 0 Å². The Balaban J connectivity index is 3.14. The Morgan fingerprint density at radius 3 is 2.42 bits per heavy atom. The van der Waals surface area contributed by atoms with Crippen molar-refractivity contribution in [2.24, 2.45) is 0 Å². The molecule has 1 aromatic rings. The van der Waals surface area contributed by atoms with Crippen molar-refractivity contribution in [1.29, 1.82) is 0 Å². The van der Waals surface area contributed by atoms with Crippen molar-refractivity contribution in [2.75, 3.05) is 7.11 Å². The fraction of sp³-hybridized carbons (Fsp3) is 0.455. The smallest absolute Gasteiger partial charge is 0.130 e. The predicted molar refractivity (Wildman–Crippen MR) is 50.5 cm³/mol. The molecule has 0 aliphatic rings. The van der Waals surface area contributed by atoms with Crippen LogP contribution < -0.4 is 4.74 Å². The minimum Gasteiger partial charge on any atom is -0.496 e. The van der Waals surface area contributed by atoms with Crippen molar-refractivity contribution in [3.63, 3.8) is 0 Å². The zero-order chi connectivity index (χ0) is 9.19. The Labute approximate surface area is 74.4 Å². The molecule has 0 amide bonds. The minimum atomic E-state index is 0.128. The zero-order valence-electron chi connectivity index (χ0n) is 8.14. The van der Waals surface area contributed by atoms with E-state index in [2.05, 4.69) is 32.9 Å². The molecule has 0 atom stereocenters. The summed E-state index contributed by atoms with van der Waals surface area (Å²) >= 11 is 0. The van der Waals surface area contributed by atoms with Crippen LogP contribution in [0.15, 0.2) is 18.2 Å². The molecule has 1 heteroatoms. The molecule has 0 saturated carbocycles. The van der Waals surface area contributed by atoms with E-state index in [1.165, 1.54) is 5.56 Å². The lowest BCUT2D eigenvalue weighted by Gasteiger charge is -2.21. The molecule has 0 unspecified atom stereocenters. The van der Waals surface area contributed by atoms with Crippen molar-refractivity contribution in [2.45, 2.75) is 26.2 Å². The maximum absolute atomic E-state index is 5.22. The molecule has 0 fully saturated rings. The van der Waals surface area contributed by atoms with Crippen LogP contribution in [0.1, 0.15) is 26.3 Å². The molecular weight excluding hydrogens is 148 g/mol. The van der Waals surface area contributed by atoms with E-state index in [1.54, 1.807) is 7.11 Å². The summed E-state index contributed by atoms with van der Waals surface area (Å²) in [5, 5.41) is 0. The summed E-state index contributed by atoms with van der Waals surface area (Å²) in [5.41, 5.74) is 1.33. The van der Waals surface area contributed by atoms with Crippen molar-refractivity contribution >= 4 is 0 Å². The van der Waals surface area contributed by atoms with Gasteiger partial charge in [-0.1, -0.05) is 39.0 Å². The highest BCUT2D eigenvalue weighted by Crippen LogP contribution is 2.29. The number of rotatable bonds is 1. The van der Waals surface area contributed by atoms with Crippen LogP contribution in [0.25, 0.3) is 0 Å². The van der Waals surface area contributed by atoms with Gasteiger partial charge in [0.15, 0.2) is 0 Å². The van der Waals surface area contributed by atoms with E-state index in [0.717, 1.165) is 5.75 Å². The first-order valence-electron chi connectivity index (χ1n) is 4.11. The second-order valence-electron chi connectivity index (χ2n) is 3.87. The van der Waals surface area contributed by atoms with E-state index in [9.17, 15) is 0 Å². The summed E-state index contributed by atoms with van der Waals surface area (Å²) in [4.78, 5) is 0. The van der Waals surface area contributed by atoms with Gasteiger partial charge in [-0.3, -0.25) is 0 Å². The fourth-order valence-electron chi connectivity index (χ4n) is 1.18. The van der Waals surface area contributed by atoms with Crippen LogP contribution in [-0.2, 0) is 5.41 Å². The molecular formula is C11H15O. The standard InChI is InChI=1S/C11H15O/c1-11(2,3)9-7-5-6-8-10(9)12-4/h5-7H,1-4H3. The van der Waals surface area contributed by atoms with E-state index in [0.29, 0.717) is 0 Å². The third-order valence-electron chi connectivity index (χ3n) is 1.83. The summed E-state index contributed by atoms with van der Waals surface area (Å²) in [5.74, 6) is 0.852. The van der Waals surface area contributed by atoms with Gasteiger partial charge in [0, 0.05) is 11.6 Å². The number of hydrogen-bond acceptors (Lipinski definition) is 1. The summed E-state index contributed by atoms with van der Waals surface area (Å²) < 4.78 is 5.22. The SMILES string of the molecule is COc1[c]cccc1C(C)(C)C. The molecule has 12 heavy (non-hydrogen) atoms. The third-order valence-corrected chi connectivity index (χ3v) is 1.83. The number of para-hydroxylation sites is 1. The average molecular weight is 163 g/mol. The number of ether oxygens (including phenoxy) is 1. The maximum atomic E-state index is 5.22. The summed E-state index contributed by atoms with van der Waals surface area (Å²) in [6.07, 6.45) is 0. The van der Waals surface area contributed by atoms with Gasteiger partial charge in [-0.2, -0.15) is 0 Å². The van der Waals surface area contributed by atoms with Gasteiger partial charge in [-0.05, 0) is 5.41 Å². The lowest BCUT2D eigenvalue weighted by molar-refractivity contribution is 0.396. The van der Waals surface area contributed by atoms with Crippen LogP contribution in [0.3, 0.4) is 0 Å². The van der Waals surface area contributed by atoms with Crippen molar-refractivity contribution in [1.82, 2.24) is 0 Å². The summed E-state index contributed by atoms with van der Waals surface area (Å²) in [6.45, 7) is 6.50. The molecule has 0 heterocycles. The van der Waals surface area contributed by atoms with Gasteiger partial charge in [0.1, 0.15) is 5.75 Å². The number of benzene rings is 1. The normalized spacial score (nSPS) is 11.3. The average Bonchev–Trinajstić information content (AvgIpc) is 2.03. The van der Waals surface area contributed by atoms with Crippen LogP contribution in [0, 0.1) is 6.07 Å². The van der Waals surface area contributed by atoms with Gasteiger partial charge in [-0.15, -0.1) is 0 Å². The molecule has 0 aliphatic carbocycles. The van der Waals surface area contributed by atoms with Crippen molar-refractivity contribution in [3.05, 3.63) is 29.8 Å². The molecule has 0 aromatic heterocycles. The lowest BCUT2D eigenvalue weighted by Crippen LogP contribution is -2.12. The molecule has 0 N–H and O–H groups in total. The molecule has 1 aromatic carbocycles. The molecule has 0 saturated heterocycles. The Hall–Kier alpha value is -0.980. The van der Waals surface area contributed by atoms with Gasteiger partial charge in [0.2, 0.25) is 0 Å². The number of methoxy groups -OCH3 is 1. The zero-order valence-corrected chi connectivity index (χ0v) is 8.14. The quantitative estimate of drug-likeness (QED) is 0.618. The second-order valence-corrected chi connectivity index (χ2v) is 3.87. The van der Waals surface area contributed by atoms with Crippen LogP contribution in [0.5, 0.6) is 5.75 Å². The largest absolute Gasteiger partial charge is 0.496 e. The Bertz CT molecular complexity index is 258. The molecule has 0 aliphatic heterocycles. The second kappa shape index (κ2) is 3.18. The highest BCUT2D eigenvalue weighted by molar-refractivity contribution is 5.37. The topological polar surface area (TPSA) is 9.23 Å². The first kappa shape index (κ1) is 9.11. The molecule has 1 radical (unpaired) electrons. The van der Waals surface area contributed by atoms with E-state index in [-0.39, 0.29) is 5.41 Å². The molecule has 1 rings (SSSR count). The maximum Gasteiger partial charge on any atom is 0.130 e. The van der Waals surface area contributed by atoms with Gasteiger partial charge in [0.05, 0.1) is 7.11 Å². The predicted octanol–water partition coefficient (Wildman–Crippen LogP) is 2.79. The van der Waals surface area contributed by atoms with Crippen LogP contribution in [0.2, 0.25) is 0 Å². The molecule has 0 spiro atoms. The lowest BCUT2D eigenvalue weighted by atomic mass is 9.86. The summed E-state index contributed by atoms with van der Waals surface area (Å²) in [7, 11) is 1.68. The van der Waals surface area contributed by atoms with E-state index >= 15 is 0 Å². The molecule has 65 valence electrons. The summed E-state index contributed by atoms with van der Waals surface area (Å²) in [6, 6.07) is 9.01. The van der Waals surface area contributed by atoms with Crippen LogP contribution >= 0.6 is 0 Å². The Morgan fingerprint density at radius 2 is 2.00 bits per heavy atom. The highest BCUT2D eigenvalue weighted by atomic mass is 16.5. The van der Waals surface area contributed by atoms with E-state index in [1.807, 2.05) is 12.1 Å². The number of hydrogen-bond donors (Lipinski definition) is 0. The Morgan fingerprint density at radius 1 is 1.33 bits per heavy atom. The first-order valence-corrected chi connectivity index (χ1v) is 4.11. The monoisotopic (exact) mass is 163 g/mol. The van der Waals surface area contributed by atoms with Crippen molar-refractivity contribution in [3.8, 4) is 5.75 Å². The third kappa shape index (κ3) is 1.79. The van der Waals surface area contributed by atoms with Gasteiger partial charge in [-0.25, -0.2) is 0 Å². The molecule has 0 bridgehead atoms. The van der Waals surface area contributed by atoms with Crippen molar-refractivity contribution < 1.29 is 4.74 Å². The van der Waals surface area contributed by atoms with Gasteiger partial charge in [0.25, 0.3) is 0 Å². The van der Waals surface area contributed by atoms with Gasteiger partial charge < -0.3 is 4.74 Å². The minimum absolute atomic E-state index is 0.128. The van der Waals surface area contributed by atoms with Crippen LogP contribution in [0.4, 0.5) is 0 Å². The van der Waals surface area contributed by atoms with Gasteiger partial charge >= 0.3 is 0 Å². The first-order chi connectivity index (χ1) is 5.55. The fourth-order valence-corrected chi connectivity index (χ4v) is 1.18. The highest BCUT2D eigenvalue weighted by Gasteiger charge is 2.17. The Kier molecular flexibility index (Phi) is 2.41. The van der Waals surface area contributed by atoms with Crippen LogP contribution in [-0.4, -0.2) is 7.11 Å². The molecule has 1 nitrogen and oxygen atoms in total. The van der Waals surface area contributed by atoms with E-state index in [4.69, 9.17) is 4.74 Å².